The zero-order chi connectivity index (χ0) is 17.5. The van der Waals surface area contributed by atoms with E-state index in [-0.39, 0.29) is 18.6 Å². The fourth-order valence-electron chi connectivity index (χ4n) is 3.19. The zero-order valence-electron chi connectivity index (χ0n) is 14.4. The highest BCUT2D eigenvalue weighted by atomic mass is 32.2. The second kappa shape index (κ2) is 9.53. The Balaban J connectivity index is 1.45. The summed E-state index contributed by atoms with van der Waals surface area (Å²) in [7, 11) is 0. The van der Waals surface area contributed by atoms with Gasteiger partial charge in [0.1, 0.15) is 0 Å². The molecule has 0 unspecified atom stereocenters. The van der Waals surface area contributed by atoms with E-state index in [9.17, 15) is 9.59 Å². The lowest BCUT2D eigenvalue weighted by molar-refractivity contribution is -0.125. The monoisotopic (exact) mass is 379 g/mol. The van der Waals surface area contributed by atoms with Gasteiger partial charge in [0.2, 0.25) is 0 Å². The molecule has 0 spiro atoms. The van der Waals surface area contributed by atoms with Crippen molar-refractivity contribution in [1.29, 1.82) is 0 Å². The normalized spacial score (nSPS) is 19.4. The maximum absolute atomic E-state index is 12.1. The number of hydrogen-bond acceptors (Lipinski definition) is 5. The molecule has 1 aromatic rings. The van der Waals surface area contributed by atoms with Crippen LogP contribution in [0.2, 0.25) is 0 Å². The zero-order valence-corrected chi connectivity index (χ0v) is 16.0. The van der Waals surface area contributed by atoms with Gasteiger partial charge < -0.3 is 10.1 Å². The molecule has 0 radical (unpaired) electrons. The van der Waals surface area contributed by atoms with Crippen LogP contribution in [0.15, 0.2) is 24.3 Å². The highest BCUT2D eigenvalue weighted by molar-refractivity contribution is 8.16. The quantitative estimate of drug-likeness (QED) is 0.779. The molecule has 6 heteroatoms. The van der Waals surface area contributed by atoms with Crippen molar-refractivity contribution in [3.8, 4) is 0 Å². The van der Waals surface area contributed by atoms with E-state index < -0.39 is 5.97 Å². The van der Waals surface area contributed by atoms with E-state index in [1.54, 1.807) is 12.1 Å². The van der Waals surface area contributed by atoms with Crippen LogP contribution in [-0.2, 0) is 9.53 Å². The number of carbonyl (C=O) groups excluding carboxylic acids is 2. The molecule has 1 aliphatic carbocycles. The molecule has 4 nitrogen and oxygen atoms in total. The summed E-state index contributed by atoms with van der Waals surface area (Å²) < 4.78 is 5.61. The second-order valence-electron chi connectivity index (χ2n) is 6.53. The van der Waals surface area contributed by atoms with Crippen LogP contribution in [-0.4, -0.2) is 36.0 Å². The molecule has 1 aromatic carbocycles. The van der Waals surface area contributed by atoms with Crippen LogP contribution in [0.1, 0.15) is 59.0 Å². The number of hydrogen-bond donors (Lipinski definition) is 1. The van der Waals surface area contributed by atoms with Crippen LogP contribution in [0.5, 0.6) is 0 Å². The average Bonchev–Trinajstić information content (AvgIpc) is 2.68. The van der Waals surface area contributed by atoms with Crippen molar-refractivity contribution in [3.05, 3.63) is 35.4 Å². The summed E-state index contributed by atoms with van der Waals surface area (Å²) >= 11 is 3.91. The van der Waals surface area contributed by atoms with Gasteiger partial charge >= 0.3 is 5.97 Å². The van der Waals surface area contributed by atoms with E-state index in [4.69, 9.17) is 4.74 Å². The minimum Gasteiger partial charge on any atom is -0.452 e. The summed E-state index contributed by atoms with van der Waals surface area (Å²) in [6, 6.07) is 7.83. The molecule has 1 aliphatic heterocycles. The Morgan fingerprint density at radius 2 is 1.68 bits per heavy atom. The van der Waals surface area contributed by atoms with Gasteiger partial charge in [0.05, 0.1) is 10.1 Å². The molecular formula is C19H25NO3S2. The molecule has 3 rings (SSSR count). The fraction of sp³-hybridized carbons (Fsp3) is 0.579. The summed E-state index contributed by atoms with van der Waals surface area (Å²) in [6.45, 7) is -0.203. The van der Waals surface area contributed by atoms with Crippen molar-refractivity contribution >= 4 is 35.4 Å². The molecule has 0 atom stereocenters. The lowest BCUT2D eigenvalue weighted by Crippen LogP contribution is -2.38. The second-order valence-corrected chi connectivity index (χ2v) is 9.25. The Kier molecular flexibility index (Phi) is 7.11. The molecule has 136 valence electrons. The highest BCUT2D eigenvalue weighted by Gasteiger charge is 2.19. The lowest BCUT2D eigenvalue weighted by Gasteiger charge is -2.22. The van der Waals surface area contributed by atoms with Crippen molar-refractivity contribution < 1.29 is 14.3 Å². The maximum Gasteiger partial charge on any atom is 0.338 e. The number of carbonyl (C=O) groups is 2. The van der Waals surface area contributed by atoms with E-state index >= 15 is 0 Å². The Labute approximate surface area is 157 Å². The van der Waals surface area contributed by atoms with Crippen molar-refractivity contribution in [2.45, 2.75) is 49.1 Å². The van der Waals surface area contributed by atoms with Crippen LogP contribution in [0.25, 0.3) is 0 Å². The number of amides is 1. The molecule has 1 saturated carbocycles. The third kappa shape index (κ3) is 5.68. The molecule has 2 fully saturated rings. The third-order valence-corrected chi connectivity index (χ3v) is 7.57. The van der Waals surface area contributed by atoms with Crippen molar-refractivity contribution in [3.63, 3.8) is 0 Å². The van der Waals surface area contributed by atoms with E-state index in [1.807, 2.05) is 35.7 Å². The first-order valence-corrected chi connectivity index (χ1v) is 11.1. The molecule has 0 bridgehead atoms. The van der Waals surface area contributed by atoms with Crippen molar-refractivity contribution in [2.24, 2.45) is 0 Å². The smallest absolute Gasteiger partial charge is 0.338 e. The molecule has 2 aliphatic rings. The van der Waals surface area contributed by atoms with Crippen LogP contribution < -0.4 is 5.32 Å². The molecule has 0 aromatic heterocycles. The summed E-state index contributed by atoms with van der Waals surface area (Å²) in [4.78, 5) is 24.0. The average molecular weight is 380 g/mol. The molecule has 25 heavy (non-hydrogen) atoms. The number of benzene rings is 1. The Hall–Kier alpha value is -1.14. The van der Waals surface area contributed by atoms with Crippen LogP contribution >= 0.6 is 23.5 Å². The third-order valence-electron chi connectivity index (χ3n) is 4.55. The van der Waals surface area contributed by atoms with Crippen LogP contribution in [0.3, 0.4) is 0 Å². The largest absolute Gasteiger partial charge is 0.452 e. The summed E-state index contributed by atoms with van der Waals surface area (Å²) in [5, 5.41) is 2.96. The Morgan fingerprint density at radius 3 is 2.36 bits per heavy atom. The summed E-state index contributed by atoms with van der Waals surface area (Å²) in [5.41, 5.74) is 1.74. The van der Waals surface area contributed by atoms with E-state index in [0.29, 0.717) is 10.1 Å². The molecule has 1 N–H and O–H groups in total. The molecule has 1 saturated heterocycles. The summed E-state index contributed by atoms with van der Waals surface area (Å²) in [5.74, 6) is 1.75. The molecule has 1 heterocycles. The van der Waals surface area contributed by atoms with Crippen molar-refractivity contribution in [1.82, 2.24) is 5.32 Å². The van der Waals surface area contributed by atoms with Gasteiger partial charge in [-0.25, -0.2) is 4.79 Å². The molecule has 1 amide bonds. The predicted octanol–water partition coefficient (Wildman–Crippen LogP) is 4.16. The van der Waals surface area contributed by atoms with Crippen LogP contribution in [0, 0.1) is 0 Å². The van der Waals surface area contributed by atoms with E-state index in [1.165, 1.54) is 29.9 Å². The lowest BCUT2D eigenvalue weighted by atomic mass is 9.95. The fourth-order valence-corrected chi connectivity index (χ4v) is 6.08. The number of nitrogens with one attached hydrogen (secondary N) is 1. The van der Waals surface area contributed by atoms with Gasteiger partial charge in [0, 0.05) is 6.04 Å². The van der Waals surface area contributed by atoms with Crippen molar-refractivity contribution in [2.75, 3.05) is 18.1 Å². The molecular weight excluding hydrogens is 354 g/mol. The first-order valence-electron chi connectivity index (χ1n) is 9.02. The van der Waals surface area contributed by atoms with E-state index in [0.717, 1.165) is 25.7 Å². The van der Waals surface area contributed by atoms with Gasteiger partial charge in [-0.15, -0.1) is 23.5 Å². The number of ether oxygens (including phenoxy) is 1. The predicted molar refractivity (Wildman–Crippen MR) is 104 cm³/mol. The number of rotatable bonds is 5. The SMILES string of the molecule is O=C(COC(=O)c1ccc(C2SCCCS2)cc1)NC1CCCCC1. The topological polar surface area (TPSA) is 55.4 Å². The van der Waals surface area contributed by atoms with Gasteiger partial charge in [0.15, 0.2) is 6.61 Å². The van der Waals surface area contributed by atoms with Gasteiger partial charge in [-0.1, -0.05) is 31.4 Å². The van der Waals surface area contributed by atoms with Gasteiger partial charge in [-0.2, -0.15) is 0 Å². The number of esters is 1. The Morgan fingerprint density at radius 1 is 1.00 bits per heavy atom. The first kappa shape index (κ1) is 18.6. The van der Waals surface area contributed by atoms with Crippen LogP contribution in [0.4, 0.5) is 0 Å². The summed E-state index contributed by atoms with van der Waals surface area (Å²) in [6.07, 6.45) is 6.88. The Bertz CT molecular complexity index is 579. The van der Waals surface area contributed by atoms with E-state index in [2.05, 4.69) is 5.32 Å². The standard InChI is InChI=1S/C19H25NO3S2/c21-17(20-16-5-2-1-3-6-16)13-23-18(22)14-7-9-15(10-8-14)19-24-11-4-12-25-19/h7-10,16,19H,1-6,11-13H2,(H,20,21). The minimum absolute atomic E-state index is 0.202. The first-order chi connectivity index (χ1) is 12.2. The maximum atomic E-state index is 12.1. The van der Waals surface area contributed by atoms with Gasteiger partial charge in [-0.3, -0.25) is 4.79 Å². The highest BCUT2D eigenvalue weighted by Crippen LogP contribution is 2.43. The minimum atomic E-state index is -0.436. The van der Waals surface area contributed by atoms with Gasteiger partial charge in [-0.05, 0) is 48.5 Å². The number of thioether (sulfide) groups is 2. The van der Waals surface area contributed by atoms with Gasteiger partial charge in [0.25, 0.3) is 5.91 Å².